The first-order valence-electron chi connectivity index (χ1n) is 6.83. The highest BCUT2D eigenvalue weighted by Crippen LogP contribution is 2.43. The SMILES string of the molecule is COC1(c2noc(C3(C)CCCCN3)n2)CCC1. The zero-order chi connectivity index (χ0) is 12.6. The van der Waals surface area contributed by atoms with Crippen LogP contribution in [0.25, 0.3) is 0 Å². The van der Waals surface area contributed by atoms with E-state index in [0.717, 1.165) is 31.6 Å². The number of piperidine rings is 1. The van der Waals surface area contributed by atoms with Gasteiger partial charge in [0, 0.05) is 7.11 Å². The summed E-state index contributed by atoms with van der Waals surface area (Å²) in [6, 6.07) is 0. The van der Waals surface area contributed by atoms with E-state index in [0.29, 0.717) is 5.89 Å². The molecular formula is C13H21N3O2. The lowest BCUT2D eigenvalue weighted by molar-refractivity contribution is -0.0858. The lowest BCUT2D eigenvalue weighted by atomic mass is 9.79. The fourth-order valence-electron chi connectivity index (χ4n) is 2.89. The van der Waals surface area contributed by atoms with Gasteiger partial charge in [-0.15, -0.1) is 0 Å². The van der Waals surface area contributed by atoms with Gasteiger partial charge in [0.1, 0.15) is 5.60 Å². The van der Waals surface area contributed by atoms with Crippen LogP contribution in [0.3, 0.4) is 0 Å². The molecule has 2 aliphatic rings. The molecule has 0 amide bonds. The van der Waals surface area contributed by atoms with Crippen LogP contribution in [0.1, 0.15) is 57.2 Å². The Hall–Kier alpha value is -0.940. The van der Waals surface area contributed by atoms with E-state index in [-0.39, 0.29) is 11.1 Å². The molecule has 100 valence electrons. The van der Waals surface area contributed by atoms with Crippen LogP contribution >= 0.6 is 0 Å². The normalized spacial score (nSPS) is 31.0. The maximum absolute atomic E-state index is 5.59. The van der Waals surface area contributed by atoms with Crippen LogP contribution in [0.15, 0.2) is 4.52 Å². The van der Waals surface area contributed by atoms with Crippen molar-refractivity contribution in [3.8, 4) is 0 Å². The Kier molecular flexibility index (Phi) is 2.90. The minimum Gasteiger partial charge on any atom is -0.370 e. The lowest BCUT2D eigenvalue weighted by Gasteiger charge is -2.37. The van der Waals surface area contributed by atoms with Gasteiger partial charge in [0.15, 0.2) is 0 Å². The second kappa shape index (κ2) is 4.31. The summed E-state index contributed by atoms with van der Waals surface area (Å²) in [5.74, 6) is 1.43. The first kappa shape index (κ1) is 12.1. The Morgan fingerprint density at radius 2 is 2.06 bits per heavy atom. The fraction of sp³-hybridized carbons (Fsp3) is 0.846. The van der Waals surface area contributed by atoms with Crippen LogP contribution in [0.4, 0.5) is 0 Å². The van der Waals surface area contributed by atoms with Gasteiger partial charge in [-0.25, -0.2) is 0 Å². The van der Waals surface area contributed by atoms with Crippen molar-refractivity contribution in [3.05, 3.63) is 11.7 Å². The van der Waals surface area contributed by atoms with Crippen LogP contribution in [0.2, 0.25) is 0 Å². The van der Waals surface area contributed by atoms with Gasteiger partial charge in [-0.05, 0) is 52.0 Å². The van der Waals surface area contributed by atoms with Gasteiger partial charge in [-0.1, -0.05) is 5.16 Å². The molecule has 0 aromatic carbocycles. The molecule has 5 heteroatoms. The molecule has 1 aromatic rings. The molecule has 1 unspecified atom stereocenters. The molecule has 0 spiro atoms. The summed E-state index contributed by atoms with van der Waals surface area (Å²) in [6.07, 6.45) is 6.64. The maximum atomic E-state index is 5.59. The maximum Gasteiger partial charge on any atom is 0.246 e. The number of hydrogen-bond acceptors (Lipinski definition) is 5. The Morgan fingerprint density at radius 3 is 2.61 bits per heavy atom. The second-order valence-corrected chi connectivity index (χ2v) is 5.69. The molecule has 2 fully saturated rings. The smallest absolute Gasteiger partial charge is 0.246 e. The van der Waals surface area contributed by atoms with Gasteiger partial charge in [-0.2, -0.15) is 4.98 Å². The molecular weight excluding hydrogens is 230 g/mol. The molecule has 1 saturated carbocycles. The summed E-state index contributed by atoms with van der Waals surface area (Å²) in [5, 5.41) is 7.64. The Balaban J connectivity index is 1.84. The number of aromatic nitrogens is 2. The van der Waals surface area contributed by atoms with Gasteiger partial charge in [0.25, 0.3) is 0 Å². The number of hydrogen-bond donors (Lipinski definition) is 1. The van der Waals surface area contributed by atoms with Crippen molar-refractivity contribution in [2.24, 2.45) is 0 Å². The number of nitrogens with zero attached hydrogens (tertiary/aromatic N) is 2. The summed E-state index contributed by atoms with van der Waals surface area (Å²) < 4.78 is 11.1. The third kappa shape index (κ3) is 1.77. The predicted octanol–water partition coefficient (Wildman–Crippen LogP) is 2.08. The summed E-state index contributed by atoms with van der Waals surface area (Å²) in [4.78, 5) is 4.61. The average Bonchev–Trinajstić information content (AvgIpc) is 2.80. The molecule has 1 saturated heterocycles. The number of methoxy groups -OCH3 is 1. The van der Waals surface area contributed by atoms with Crippen LogP contribution < -0.4 is 5.32 Å². The van der Waals surface area contributed by atoms with E-state index in [2.05, 4.69) is 22.4 Å². The van der Waals surface area contributed by atoms with Gasteiger partial charge < -0.3 is 14.6 Å². The van der Waals surface area contributed by atoms with Crippen molar-refractivity contribution < 1.29 is 9.26 Å². The van der Waals surface area contributed by atoms with E-state index >= 15 is 0 Å². The van der Waals surface area contributed by atoms with Crippen molar-refractivity contribution in [3.63, 3.8) is 0 Å². The van der Waals surface area contributed by atoms with E-state index in [1.54, 1.807) is 7.11 Å². The van der Waals surface area contributed by atoms with Crippen molar-refractivity contribution in [2.75, 3.05) is 13.7 Å². The molecule has 2 heterocycles. The van der Waals surface area contributed by atoms with Crippen molar-refractivity contribution in [2.45, 2.75) is 56.6 Å². The van der Waals surface area contributed by atoms with E-state index in [1.165, 1.54) is 19.3 Å². The fourth-order valence-corrected chi connectivity index (χ4v) is 2.89. The van der Waals surface area contributed by atoms with E-state index in [1.807, 2.05) is 0 Å². The molecule has 1 N–H and O–H groups in total. The molecule has 3 rings (SSSR count). The number of ether oxygens (including phenoxy) is 1. The van der Waals surface area contributed by atoms with Gasteiger partial charge in [0.2, 0.25) is 11.7 Å². The Morgan fingerprint density at radius 1 is 1.22 bits per heavy atom. The minimum absolute atomic E-state index is 0.165. The van der Waals surface area contributed by atoms with Crippen molar-refractivity contribution >= 4 is 0 Å². The first-order chi connectivity index (χ1) is 8.69. The van der Waals surface area contributed by atoms with Crippen LogP contribution in [-0.4, -0.2) is 23.8 Å². The Bertz CT molecular complexity index is 414. The number of rotatable bonds is 3. The van der Waals surface area contributed by atoms with Gasteiger partial charge in [0.05, 0.1) is 5.54 Å². The summed E-state index contributed by atoms with van der Waals surface area (Å²) in [6.45, 7) is 3.16. The summed E-state index contributed by atoms with van der Waals surface area (Å²) in [7, 11) is 1.73. The molecule has 1 aliphatic carbocycles. The first-order valence-corrected chi connectivity index (χ1v) is 6.83. The highest BCUT2D eigenvalue weighted by molar-refractivity contribution is 5.10. The molecule has 1 aromatic heterocycles. The zero-order valence-electron chi connectivity index (χ0n) is 11.2. The Labute approximate surface area is 107 Å². The monoisotopic (exact) mass is 251 g/mol. The third-order valence-corrected chi connectivity index (χ3v) is 4.48. The molecule has 1 atom stereocenters. The van der Waals surface area contributed by atoms with Gasteiger partial charge >= 0.3 is 0 Å². The summed E-state index contributed by atoms with van der Waals surface area (Å²) in [5.41, 5.74) is -0.449. The van der Waals surface area contributed by atoms with Crippen molar-refractivity contribution in [1.29, 1.82) is 0 Å². The molecule has 0 bridgehead atoms. The minimum atomic E-state index is -0.285. The largest absolute Gasteiger partial charge is 0.370 e. The van der Waals surface area contributed by atoms with Crippen LogP contribution in [-0.2, 0) is 15.9 Å². The topological polar surface area (TPSA) is 60.2 Å². The van der Waals surface area contributed by atoms with Crippen LogP contribution in [0, 0.1) is 0 Å². The second-order valence-electron chi connectivity index (χ2n) is 5.69. The highest BCUT2D eigenvalue weighted by Gasteiger charge is 2.45. The van der Waals surface area contributed by atoms with Crippen molar-refractivity contribution in [1.82, 2.24) is 15.5 Å². The van der Waals surface area contributed by atoms with Crippen LogP contribution in [0.5, 0.6) is 0 Å². The molecule has 5 nitrogen and oxygen atoms in total. The van der Waals surface area contributed by atoms with E-state index in [9.17, 15) is 0 Å². The standard InChI is InChI=1S/C13H21N3O2/c1-12(6-3-4-9-14-12)11-15-10(16-18-11)13(17-2)7-5-8-13/h14H,3-9H2,1-2H3. The van der Waals surface area contributed by atoms with Gasteiger partial charge in [-0.3, -0.25) is 0 Å². The molecule has 18 heavy (non-hydrogen) atoms. The van der Waals surface area contributed by atoms with E-state index in [4.69, 9.17) is 9.26 Å². The average molecular weight is 251 g/mol. The third-order valence-electron chi connectivity index (χ3n) is 4.48. The van der Waals surface area contributed by atoms with E-state index < -0.39 is 0 Å². The highest BCUT2D eigenvalue weighted by atomic mass is 16.5. The number of nitrogens with one attached hydrogen (secondary N) is 1. The lowest BCUT2D eigenvalue weighted by Crippen LogP contribution is -2.44. The predicted molar refractivity (Wildman–Crippen MR) is 66.0 cm³/mol. The molecule has 0 radical (unpaired) electrons. The molecule has 1 aliphatic heterocycles. The summed E-state index contributed by atoms with van der Waals surface area (Å²) >= 11 is 0. The quantitative estimate of drug-likeness (QED) is 0.891. The zero-order valence-corrected chi connectivity index (χ0v) is 11.2.